The summed E-state index contributed by atoms with van der Waals surface area (Å²) in [7, 11) is 0. The second kappa shape index (κ2) is 5.98. The molecule has 4 rings (SSSR count). The first-order chi connectivity index (χ1) is 12.4. The molecule has 0 aromatic heterocycles. The summed E-state index contributed by atoms with van der Waals surface area (Å²) in [4.78, 5) is 12.5. The Balaban J connectivity index is 1.99. The molecular formula is C24H24O2. The number of carbonyl (C=O) groups excluding carboxylic acids is 1. The van der Waals surface area contributed by atoms with E-state index in [4.69, 9.17) is 4.74 Å². The predicted molar refractivity (Wildman–Crippen MR) is 109 cm³/mol. The van der Waals surface area contributed by atoms with Gasteiger partial charge >= 0.3 is 5.97 Å². The fourth-order valence-electron chi connectivity index (χ4n) is 3.83. The van der Waals surface area contributed by atoms with E-state index < -0.39 is 5.60 Å². The topological polar surface area (TPSA) is 26.3 Å². The Kier molecular flexibility index (Phi) is 3.87. The number of hydrogen-bond donors (Lipinski definition) is 0. The van der Waals surface area contributed by atoms with Gasteiger partial charge in [-0.3, -0.25) is 4.79 Å². The average Bonchev–Trinajstić information content (AvgIpc) is 2.64. The third-order valence-corrected chi connectivity index (χ3v) is 5.53. The van der Waals surface area contributed by atoms with Gasteiger partial charge in [0, 0.05) is 5.56 Å². The first-order valence-electron chi connectivity index (χ1n) is 9.32. The molecule has 132 valence electrons. The van der Waals surface area contributed by atoms with Crippen LogP contribution in [0.3, 0.4) is 0 Å². The van der Waals surface area contributed by atoms with Gasteiger partial charge in [-0.25, -0.2) is 0 Å². The summed E-state index contributed by atoms with van der Waals surface area (Å²) in [5.41, 5.74) is 0.371. The highest BCUT2D eigenvalue weighted by Gasteiger charge is 2.30. The van der Waals surface area contributed by atoms with Gasteiger partial charge in [0.15, 0.2) is 0 Å². The Hall–Kier alpha value is -2.61. The summed E-state index contributed by atoms with van der Waals surface area (Å²) in [5.74, 6) is -0.229. The summed E-state index contributed by atoms with van der Waals surface area (Å²) in [6, 6.07) is 19.3. The van der Waals surface area contributed by atoms with Crippen LogP contribution in [0.1, 0.15) is 39.7 Å². The Bertz CT molecular complexity index is 1110. The summed E-state index contributed by atoms with van der Waals surface area (Å²) in [5, 5.41) is 7.35. The Labute approximate surface area is 154 Å². The number of rotatable bonds is 4. The molecule has 1 atom stereocenters. The molecule has 2 nitrogen and oxygen atoms in total. The van der Waals surface area contributed by atoms with Crippen molar-refractivity contribution in [2.24, 2.45) is 5.92 Å². The standard InChI is InChI=1S/C24H24O2/c1-5-15(2)23(25)26-24(3,4)20-14-18-10-6-8-16-12-13-17-9-7-11-19(20)22(17)21(16)18/h6-15H,5H2,1-4H3. The lowest BCUT2D eigenvalue weighted by Crippen LogP contribution is -2.29. The number of hydrogen-bond acceptors (Lipinski definition) is 2. The maximum Gasteiger partial charge on any atom is 0.309 e. The van der Waals surface area contributed by atoms with E-state index in [-0.39, 0.29) is 11.9 Å². The van der Waals surface area contributed by atoms with Crippen LogP contribution in [0, 0.1) is 5.92 Å². The van der Waals surface area contributed by atoms with E-state index in [1.54, 1.807) is 0 Å². The average molecular weight is 344 g/mol. The first kappa shape index (κ1) is 16.8. The fourth-order valence-corrected chi connectivity index (χ4v) is 3.83. The zero-order valence-electron chi connectivity index (χ0n) is 15.8. The van der Waals surface area contributed by atoms with Crippen molar-refractivity contribution in [2.45, 2.75) is 39.7 Å². The van der Waals surface area contributed by atoms with E-state index in [9.17, 15) is 4.79 Å². The molecule has 4 aromatic carbocycles. The molecule has 0 aliphatic carbocycles. The van der Waals surface area contributed by atoms with Gasteiger partial charge in [-0.1, -0.05) is 62.4 Å². The summed E-state index contributed by atoms with van der Waals surface area (Å²) >= 11 is 0. The van der Waals surface area contributed by atoms with Crippen molar-refractivity contribution >= 4 is 38.3 Å². The van der Waals surface area contributed by atoms with Crippen LogP contribution in [0.5, 0.6) is 0 Å². The van der Waals surface area contributed by atoms with Crippen LogP contribution < -0.4 is 0 Å². The van der Waals surface area contributed by atoms with E-state index in [1.165, 1.54) is 26.9 Å². The van der Waals surface area contributed by atoms with Crippen LogP contribution in [-0.4, -0.2) is 5.97 Å². The SMILES string of the molecule is CCC(C)C(=O)OC(C)(C)c1cc2cccc3ccc4cccc1c4c32. The van der Waals surface area contributed by atoms with Crippen molar-refractivity contribution < 1.29 is 9.53 Å². The van der Waals surface area contributed by atoms with Crippen molar-refractivity contribution in [3.8, 4) is 0 Å². The quantitative estimate of drug-likeness (QED) is 0.316. The third kappa shape index (κ3) is 2.52. The van der Waals surface area contributed by atoms with E-state index >= 15 is 0 Å². The summed E-state index contributed by atoms with van der Waals surface area (Å²) < 4.78 is 5.96. The Morgan fingerprint density at radius 2 is 1.58 bits per heavy atom. The molecule has 0 saturated heterocycles. The van der Waals surface area contributed by atoms with Crippen LogP contribution >= 0.6 is 0 Å². The van der Waals surface area contributed by atoms with Crippen molar-refractivity contribution in [3.05, 3.63) is 60.2 Å². The molecule has 0 saturated carbocycles. The van der Waals surface area contributed by atoms with Gasteiger partial charge < -0.3 is 4.74 Å². The first-order valence-corrected chi connectivity index (χ1v) is 9.32. The molecule has 0 amide bonds. The van der Waals surface area contributed by atoms with Crippen LogP contribution in [-0.2, 0) is 15.1 Å². The van der Waals surface area contributed by atoms with Crippen LogP contribution in [0.15, 0.2) is 54.6 Å². The number of ether oxygens (including phenoxy) is 1. The Morgan fingerprint density at radius 1 is 0.962 bits per heavy atom. The zero-order chi connectivity index (χ0) is 18.5. The summed E-state index contributed by atoms with van der Waals surface area (Å²) in [6.07, 6.45) is 0.783. The molecule has 0 heterocycles. The van der Waals surface area contributed by atoms with Crippen molar-refractivity contribution in [1.82, 2.24) is 0 Å². The molecule has 0 N–H and O–H groups in total. The molecule has 1 unspecified atom stereocenters. The van der Waals surface area contributed by atoms with Crippen LogP contribution in [0.2, 0.25) is 0 Å². The minimum atomic E-state index is -0.690. The lowest BCUT2D eigenvalue weighted by atomic mass is 9.86. The maximum absolute atomic E-state index is 12.5. The third-order valence-electron chi connectivity index (χ3n) is 5.53. The van der Waals surface area contributed by atoms with Gasteiger partial charge in [0.05, 0.1) is 5.92 Å². The van der Waals surface area contributed by atoms with Gasteiger partial charge in [-0.15, -0.1) is 0 Å². The molecule has 0 aliphatic heterocycles. The highest BCUT2D eigenvalue weighted by molar-refractivity contribution is 6.23. The zero-order valence-corrected chi connectivity index (χ0v) is 15.8. The van der Waals surface area contributed by atoms with Gasteiger partial charge in [0.2, 0.25) is 0 Å². The van der Waals surface area contributed by atoms with Crippen molar-refractivity contribution in [3.63, 3.8) is 0 Å². The lowest BCUT2D eigenvalue weighted by Gasteiger charge is -2.29. The van der Waals surface area contributed by atoms with E-state index in [2.05, 4.69) is 54.6 Å². The molecule has 0 fully saturated rings. The molecule has 0 bridgehead atoms. The number of esters is 1. The minimum Gasteiger partial charge on any atom is -0.455 e. The fraction of sp³-hybridized carbons (Fsp3) is 0.292. The van der Waals surface area contributed by atoms with Gasteiger partial charge in [-0.05, 0) is 58.7 Å². The Morgan fingerprint density at radius 3 is 2.27 bits per heavy atom. The minimum absolute atomic E-state index is 0.0926. The van der Waals surface area contributed by atoms with Gasteiger partial charge in [0.1, 0.15) is 5.60 Å². The largest absolute Gasteiger partial charge is 0.455 e. The molecular weight excluding hydrogens is 320 g/mol. The molecule has 26 heavy (non-hydrogen) atoms. The lowest BCUT2D eigenvalue weighted by molar-refractivity contribution is -0.162. The van der Waals surface area contributed by atoms with Crippen molar-refractivity contribution in [2.75, 3.05) is 0 Å². The molecule has 0 aliphatic rings. The van der Waals surface area contributed by atoms with E-state index in [0.29, 0.717) is 0 Å². The normalized spacial score (nSPS) is 13.5. The van der Waals surface area contributed by atoms with Crippen LogP contribution in [0.4, 0.5) is 0 Å². The van der Waals surface area contributed by atoms with Gasteiger partial charge in [-0.2, -0.15) is 0 Å². The molecule has 0 radical (unpaired) electrons. The highest BCUT2D eigenvalue weighted by atomic mass is 16.6. The molecule has 4 aromatic rings. The number of carbonyl (C=O) groups is 1. The second-order valence-corrected chi connectivity index (χ2v) is 7.71. The smallest absolute Gasteiger partial charge is 0.309 e. The van der Waals surface area contributed by atoms with Crippen molar-refractivity contribution in [1.29, 1.82) is 0 Å². The summed E-state index contributed by atoms with van der Waals surface area (Å²) in [6.45, 7) is 7.92. The van der Waals surface area contributed by atoms with E-state index in [0.717, 1.165) is 17.4 Å². The second-order valence-electron chi connectivity index (χ2n) is 7.71. The predicted octanol–water partition coefficient (Wildman–Crippen LogP) is 6.41. The van der Waals surface area contributed by atoms with E-state index in [1.807, 2.05) is 27.7 Å². The number of benzene rings is 4. The maximum atomic E-state index is 12.5. The highest BCUT2D eigenvalue weighted by Crippen LogP contribution is 2.41. The monoisotopic (exact) mass is 344 g/mol. The van der Waals surface area contributed by atoms with Gasteiger partial charge in [0.25, 0.3) is 0 Å². The molecule has 2 heteroatoms. The van der Waals surface area contributed by atoms with Crippen LogP contribution in [0.25, 0.3) is 32.3 Å². The molecule has 0 spiro atoms.